The number of carbonyl (C=O) groups excluding carboxylic acids is 1. The van der Waals surface area contributed by atoms with Gasteiger partial charge in [0.25, 0.3) is 0 Å². The highest BCUT2D eigenvalue weighted by molar-refractivity contribution is 8.18. The van der Waals surface area contributed by atoms with Crippen LogP contribution in [0.4, 0.5) is 5.69 Å². The van der Waals surface area contributed by atoms with Crippen molar-refractivity contribution in [1.82, 2.24) is 4.98 Å². The Labute approximate surface area is 143 Å². The van der Waals surface area contributed by atoms with Crippen LogP contribution in [0.1, 0.15) is 5.69 Å². The van der Waals surface area contributed by atoms with Crippen LogP contribution >= 0.6 is 11.8 Å². The maximum atomic E-state index is 12.0. The van der Waals surface area contributed by atoms with E-state index in [0.717, 1.165) is 0 Å². The van der Waals surface area contributed by atoms with Crippen LogP contribution in [0.5, 0.6) is 0 Å². The third-order valence-electron chi connectivity index (χ3n) is 3.23. The third-order valence-corrected chi connectivity index (χ3v) is 4.25. The van der Waals surface area contributed by atoms with E-state index in [4.69, 9.17) is 4.74 Å². The smallest absolute Gasteiger partial charge is 0.344 e. The van der Waals surface area contributed by atoms with Crippen LogP contribution in [0.15, 0.2) is 76.0 Å². The molecule has 3 rings (SSSR count). The molecule has 1 aromatic heterocycles. The fourth-order valence-electron chi connectivity index (χ4n) is 2.11. The number of nitrogens with zero attached hydrogens (tertiary/aromatic N) is 2. The molecule has 0 fully saturated rings. The molecule has 120 valence electrons. The van der Waals surface area contributed by atoms with Crippen molar-refractivity contribution >= 4 is 34.5 Å². The van der Waals surface area contributed by atoms with Crippen LogP contribution in [0.25, 0.3) is 6.08 Å². The fraction of sp³-hybridized carbons (Fsp3) is 0.0556. The number of para-hydroxylation sites is 1. The molecule has 0 amide bonds. The maximum absolute atomic E-state index is 12.0. The minimum atomic E-state index is -0.626. The van der Waals surface area contributed by atoms with E-state index >= 15 is 0 Å². The summed E-state index contributed by atoms with van der Waals surface area (Å²) in [5, 5.41) is 10.8. The summed E-state index contributed by atoms with van der Waals surface area (Å²) >= 11 is 1.21. The molecule has 0 saturated carbocycles. The van der Waals surface area contributed by atoms with Gasteiger partial charge in [0.15, 0.2) is 0 Å². The van der Waals surface area contributed by atoms with Crippen LogP contribution in [-0.4, -0.2) is 28.2 Å². The molecule has 0 atom stereocenters. The molecule has 1 aliphatic rings. The average molecular weight is 338 g/mol. The van der Waals surface area contributed by atoms with E-state index in [0.29, 0.717) is 21.3 Å². The number of hydrogen-bond acceptors (Lipinski definition) is 6. The number of ether oxygens (including phenoxy) is 1. The Hall–Kier alpha value is -2.86. The first-order valence-electron chi connectivity index (χ1n) is 7.15. The average Bonchev–Trinajstić information content (AvgIpc) is 2.91. The Balaban J connectivity index is 2.04. The van der Waals surface area contributed by atoms with Crippen molar-refractivity contribution in [3.05, 3.63) is 76.7 Å². The van der Waals surface area contributed by atoms with Gasteiger partial charge in [-0.2, -0.15) is 0 Å². The lowest BCUT2D eigenvalue weighted by atomic mass is 10.2. The molecule has 1 aromatic carbocycles. The number of pyridine rings is 1. The molecule has 24 heavy (non-hydrogen) atoms. The number of benzene rings is 1. The predicted molar refractivity (Wildman–Crippen MR) is 95.0 cm³/mol. The zero-order chi connectivity index (χ0) is 16.9. The second kappa shape index (κ2) is 7.14. The number of carbonyl (C=O) groups is 1. The first-order chi connectivity index (χ1) is 11.7. The number of thioether (sulfide) groups is 1. The largest absolute Gasteiger partial charge is 0.506 e. The van der Waals surface area contributed by atoms with Gasteiger partial charge >= 0.3 is 5.97 Å². The summed E-state index contributed by atoms with van der Waals surface area (Å²) in [5.74, 6) is -0.772. The molecular weight excluding hydrogens is 324 g/mol. The lowest BCUT2D eigenvalue weighted by Gasteiger charge is -2.01. The van der Waals surface area contributed by atoms with E-state index in [9.17, 15) is 9.90 Å². The van der Waals surface area contributed by atoms with Crippen molar-refractivity contribution in [1.29, 1.82) is 0 Å². The van der Waals surface area contributed by atoms with Gasteiger partial charge in [-0.25, -0.2) is 9.79 Å². The number of methoxy groups -OCH3 is 1. The Bertz CT molecular complexity index is 843. The summed E-state index contributed by atoms with van der Waals surface area (Å²) in [4.78, 5) is 21.2. The summed E-state index contributed by atoms with van der Waals surface area (Å²) in [5.41, 5.74) is 1.43. The normalized spacial score (nSPS) is 17.5. The van der Waals surface area contributed by atoms with E-state index in [-0.39, 0.29) is 11.3 Å². The Morgan fingerprint density at radius 1 is 1.21 bits per heavy atom. The quantitative estimate of drug-likeness (QED) is 0.860. The molecule has 0 saturated heterocycles. The van der Waals surface area contributed by atoms with Crippen molar-refractivity contribution in [3.8, 4) is 0 Å². The second-order valence-corrected chi connectivity index (χ2v) is 5.86. The molecule has 0 bridgehead atoms. The van der Waals surface area contributed by atoms with Gasteiger partial charge in [0.2, 0.25) is 0 Å². The number of aliphatic imine (C=N–C) groups is 1. The number of hydrogen-bond donors (Lipinski definition) is 1. The van der Waals surface area contributed by atoms with E-state index in [2.05, 4.69) is 9.98 Å². The summed E-state index contributed by atoms with van der Waals surface area (Å²) in [6.45, 7) is 0. The molecule has 2 aromatic rings. The first kappa shape index (κ1) is 16.0. The standard InChI is InChI=1S/C18H14N2O3S/c1-23-18(22)15-16(21)14(11-13-9-5-6-10-19-13)24-17(15)20-12-7-3-2-4-8-12/h2-11,21H,1H3/b14-11-,20-17?. The summed E-state index contributed by atoms with van der Waals surface area (Å²) < 4.78 is 4.78. The van der Waals surface area contributed by atoms with Gasteiger partial charge in [-0.3, -0.25) is 4.98 Å². The van der Waals surface area contributed by atoms with E-state index in [1.807, 2.05) is 48.5 Å². The van der Waals surface area contributed by atoms with Gasteiger partial charge < -0.3 is 9.84 Å². The molecule has 2 heterocycles. The third kappa shape index (κ3) is 3.38. The number of aliphatic hydroxyl groups is 1. The number of rotatable bonds is 3. The highest BCUT2D eigenvalue weighted by Gasteiger charge is 2.32. The molecule has 5 nitrogen and oxygen atoms in total. The predicted octanol–water partition coefficient (Wildman–Crippen LogP) is 3.88. The molecule has 0 radical (unpaired) electrons. The van der Waals surface area contributed by atoms with Gasteiger partial charge in [-0.15, -0.1) is 0 Å². The zero-order valence-corrected chi connectivity index (χ0v) is 13.7. The van der Waals surface area contributed by atoms with Gasteiger partial charge in [0.05, 0.1) is 23.4 Å². The summed E-state index contributed by atoms with van der Waals surface area (Å²) in [6.07, 6.45) is 3.36. The second-order valence-electron chi connectivity index (χ2n) is 4.83. The van der Waals surface area contributed by atoms with Crippen molar-refractivity contribution < 1.29 is 14.6 Å². The molecule has 0 aliphatic carbocycles. The number of esters is 1. The van der Waals surface area contributed by atoms with Gasteiger partial charge in [-0.1, -0.05) is 36.0 Å². The van der Waals surface area contributed by atoms with Crippen LogP contribution in [0.3, 0.4) is 0 Å². The molecular formula is C18H14N2O3S. The Morgan fingerprint density at radius 2 is 1.96 bits per heavy atom. The van der Waals surface area contributed by atoms with Crippen LogP contribution in [0.2, 0.25) is 0 Å². The van der Waals surface area contributed by atoms with Gasteiger partial charge in [0.1, 0.15) is 16.4 Å². The van der Waals surface area contributed by atoms with Crippen molar-refractivity contribution in [3.63, 3.8) is 0 Å². The van der Waals surface area contributed by atoms with E-state index in [1.54, 1.807) is 12.3 Å². The van der Waals surface area contributed by atoms with Gasteiger partial charge in [0, 0.05) is 6.20 Å². The van der Waals surface area contributed by atoms with Crippen molar-refractivity contribution in [2.24, 2.45) is 4.99 Å². The Kier molecular flexibility index (Phi) is 4.77. The van der Waals surface area contributed by atoms with Crippen LogP contribution in [0, 0.1) is 0 Å². The number of aliphatic hydroxyl groups excluding tert-OH is 1. The lowest BCUT2D eigenvalue weighted by Crippen LogP contribution is -2.10. The minimum Gasteiger partial charge on any atom is -0.506 e. The zero-order valence-electron chi connectivity index (χ0n) is 12.8. The molecule has 0 unspecified atom stereocenters. The lowest BCUT2D eigenvalue weighted by molar-refractivity contribution is -0.135. The summed E-state index contributed by atoms with van der Waals surface area (Å²) in [6, 6.07) is 14.7. The monoisotopic (exact) mass is 338 g/mol. The SMILES string of the molecule is COC(=O)C1=C(O)/C(=C/c2ccccn2)SC1=Nc1ccccc1. The van der Waals surface area contributed by atoms with Crippen LogP contribution < -0.4 is 0 Å². The van der Waals surface area contributed by atoms with Crippen molar-refractivity contribution in [2.75, 3.05) is 7.11 Å². The molecule has 1 aliphatic heterocycles. The maximum Gasteiger partial charge on any atom is 0.344 e. The summed E-state index contributed by atoms with van der Waals surface area (Å²) in [7, 11) is 1.27. The fourth-order valence-corrected chi connectivity index (χ4v) is 3.13. The van der Waals surface area contributed by atoms with E-state index in [1.165, 1.54) is 18.9 Å². The number of aromatic nitrogens is 1. The highest BCUT2D eigenvalue weighted by Crippen LogP contribution is 2.39. The van der Waals surface area contributed by atoms with Crippen LogP contribution in [-0.2, 0) is 9.53 Å². The topological polar surface area (TPSA) is 71.8 Å². The van der Waals surface area contributed by atoms with Crippen molar-refractivity contribution in [2.45, 2.75) is 0 Å². The first-order valence-corrected chi connectivity index (χ1v) is 7.97. The Morgan fingerprint density at radius 3 is 2.62 bits per heavy atom. The van der Waals surface area contributed by atoms with Gasteiger partial charge in [-0.05, 0) is 30.3 Å². The minimum absolute atomic E-state index is 0.0635. The highest BCUT2D eigenvalue weighted by atomic mass is 32.2. The molecule has 6 heteroatoms. The molecule has 1 N–H and O–H groups in total. The molecule has 0 spiro atoms. The van der Waals surface area contributed by atoms with E-state index < -0.39 is 5.97 Å².